The minimum absolute atomic E-state index is 0.0465. The van der Waals surface area contributed by atoms with Crippen LogP contribution in [0.3, 0.4) is 0 Å². The van der Waals surface area contributed by atoms with E-state index in [2.05, 4.69) is 10.2 Å². The van der Waals surface area contributed by atoms with E-state index in [-0.39, 0.29) is 5.91 Å². The van der Waals surface area contributed by atoms with Crippen molar-refractivity contribution >= 4 is 22.6 Å². The lowest BCUT2D eigenvalue weighted by atomic mass is 10.0. The Balaban J connectivity index is 1.52. The quantitative estimate of drug-likeness (QED) is 0.376. The highest BCUT2D eigenvalue weighted by Gasteiger charge is 2.16. The Morgan fingerprint density at radius 1 is 0.882 bits per heavy atom. The molecule has 0 bridgehead atoms. The van der Waals surface area contributed by atoms with Crippen molar-refractivity contribution in [2.24, 2.45) is 0 Å². The van der Waals surface area contributed by atoms with E-state index >= 15 is 0 Å². The topological polar surface area (TPSA) is 97.1 Å². The second kappa shape index (κ2) is 8.71. The first-order valence-electron chi connectivity index (χ1n) is 10.8. The molecule has 168 valence electrons. The van der Waals surface area contributed by atoms with Crippen LogP contribution in [0, 0.1) is 0 Å². The van der Waals surface area contributed by atoms with Crippen molar-refractivity contribution in [3.05, 3.63) is 90.5 Å². The summed E-state index contributed by atoms with van der Waals surface area (Å²) in [5.74, 6) is 1.84. The molecule has 0 saturated heterocycles. The van der Waals surface area contributed by atoms with Crippen molar-refractivity contribution in [2.45, 2.75) is 0 Å². The molecule has 5 aromatic rings. The first-order valence-corrected chi connectivity index (χ1v) is 10.8. The number of aromatic nitrogens is 3. The second-order valence-electron chi connectivity index (χ2n) is 8.10. The summed E-state index contributed by atoms with van der Waals surface area (Å²) in [5, 5.41) is 7.94. The van der Waals surface area contributed by atoms with E-state index in [1.54, 1.807) is 31.1 Å². The maximum Gasteiger partial charge on any atom is 0.253 e. The van der Waals surface area contributed by atoms with Crippen LogP contribution in [0.5, 0.6) is 11.5 Å². The summed E-state index contributed by atoms with van der Waals surface area (Å²) in [6, 6.07) is 26.7. The van der Waals surface area contributed by atoms with Crippen LogP contribution in [-0.2, 0) is 0 Å². The number of para-hydroxylation sites is 1. The second-order valence-corrected chi connectivity index (χ2v) is 8.10. The van der Waals surface area contributed by atoms with Crippen molar-refractivity contribution in [1.29, 1.82) is 0 Å². The molecule has 34 heavy (non-hydrogen) atoms. The smallest absolute Gasteiger partial charge is 0.253 e. The summed E-state index contributed by atoms with van der Waals surface area (Å²) < 4.78 is 5.91. The molecule has 0 aliphatic carbocycles. The summed E-state index contributed by atoms with van der Waals surface area (Å²) >= 11 is 0. The highest BCUT2D eigenvalue weighted by Crippen LogP contribution is 2.34. The predicted molar refractivity (Wildman–Crippen MR) is 134 cm³/mol. The standard InChI is InChI=1S/C27H23N5O2/c1-32(2)27(33)19-10-8-17(9-11-19)22-16-23-24(26(28)31-30-23)25(29-22)18-12-14-21(15-13-18)34-20-6-4-3-5-7-20/h3-16H,1-2H3,(H3,28,30,31). The lowest BCUT2D eigenvalue weighted by Crippen LogP contribution is -2.21. The number of hydrogen-bond donors (Lipinski definition) is 2. The Kier molecular flexibility index (Phi) is 5.43. The van der Waals surface area contributed by atoms with Gasteiger partial charge in [-0.1, -0.05) is 30.3 Å². The molecule has 0 unspecified atom stereocenters. The summed E-state index contributed by atoms with van der Waals surface area (Å²) in [7, 11) is 3.47. The maximum absolute atomic E-state index is 12.2. The molecule has 3 N–H and O–H groups in total. The number of nitrogens with two attached hydrogens (primary N) is 1. The number of benzene rings is 3. The number of carbonyl (C=O) groups is 1. The molecule has 5 rings (SSSR count). The highest BCUT2D eigenvalue weighted by atomic mass is 16.5. The Labute approximate surface area is 196 Å². The number of anilines is 1. The molecule has 2 aromatic heterocycles. The Morgan fingerprint density at radius 3 is 2.21 bits per heavy atom. The fourth-order valence-electron chi connectivity index (χ4n) is 3.77. The molecule has 0 fully saturated rings. The maximum atomic E-state index is 12.2. The molecule has 0 spiro atoms. The molecule has 7 heteroatoms. The number of nitrogens with zero attached hydrogens (tertiary/aromatic N) is 3. The summed E-state index contributed by atoms with van der Waals surface area (Å²) in [6.07, 6.45) is 0. The van der Waals surface area contributed by atoms with Crippen molar-refractivity contribution in [2.75, 3.05) is 19.8 Å². The van der Waals surface area contributed by atoms with Crippen LogP contribution in [0.2, 0.25) is 0 Å². The number of nitrogen functional groups attached to an aromatic ring is 1. The third-order valence-corrected chi connectivity index (χ3v) is 5.51. The van der Waals surface area contributed by atoms with Gasteiger partial charge < -0.3 is 15.4 Å². The van der Waals surface area contributed by atoms with Crippen molar-refractivity contribution in [3.8, 4) is 34.0 Å². The molecule has 0 saturated carbocycles. The summed E-state index contributed by atoms with van der Waals surface area (Å²) in [6.45, 7) is 0. The third kappa shape index (κ3) is 4.06. The molecule has 7 nitrogen and oxygen atoms in total. The molecular weight excluding hydrogens is 426 g/mol. The van der Waals surface area contributed by atoms with Crippen LogP contribution >= 0.6 is 0 Å². The predicted octanol–water partition coefficient (Wildman–Crippen LogP) is 5.37. The lowest BCUT2D eigenvalue weighted by Gasteiger charge is -2.11. The molecule has 0 aliphatic rings. The van der Waals surface area contributed by atoms with Crippen LogP contribution in [0.4, 0.5) is 5.82 Å². The molecule has 3 aromatic carbocycles. The van der Waals surface area contributed by atoms with E-state index < -0.39 is 0 Å². The largest absolute Gasteiger partial charge is 0.457 e. The number of nitrogens with one attached hydrogen (secondary N) is 1. The Hall–Kier alpha value is -4.65. The van der Waals surface area contributed by atoms with Gasteiger partial charge in [0.15, 0.2) is 5.82 Å². The number of carbonyl (C=O) groups excluding carboxylic acids is 1. The van der Waals surface area contributed by atoms with E-state index in [0.717, 1.165) is 44.9 Å². The zero-order valence-electron chi connectivity index (χ0n) is 18.8. The Morgan fingerprint density at radius 2 is 1.53 bits per heavy atom. The molecular formula is C27H23N5O2. The SMILES string of the molecule is CN(C)C(=O)c1ccc(-c2cc3[nH]nc(N)c3c(-c3ccc(Oc4ccccc4)cc3)n2)cc1. The van der Waals surface area contributed by atoms with Crippen LogP contribution in [0.15, 0.2) is 84.9 Å². The van der Waals surface area contributed by atoms with Crippen LogP contribution in [0.25, 0.3) is 33.4 Å². The molecule has 1 amide bonds. The fraction of sp³-hybridized carbons (Fsp3) is 0.0741. The Bertz CT molecular complexity index is 1460. The van der Waals surface area contributed by atoms with E-state index in [1.165, 1.54) is 0 Å². The van der Waals surface area contributed by atoms with Gasteiger partial charge in [-0.15, -0.1) is 0 Å². The number of amides is 1. The average molecular weight is 450 g/mol. The van der Waals surface area contributed by atoms with E-state index in [1.807, 2.05) is 72.8 Å². The van der Waals surface area contributed by atoms with Gasteiger partial charge in [-0.25, -0.2) is 4.98 Å². The van der Waals surface area contributed by atoms with Gasteiger partial charge in [-0.05, 0) is 54.6 Å². The van der Waals surface area contributed by atoms with Crippen LogP contribution < -0.4 is 10.5 Å². The van der Waals surface area contributed by atoms with Gasteiger partial charge in [-0.2, -0.15) is 5.10 Å². The molecule has 0 radical (unpaired) electrons. The number of pyridine rings is 1. The van der Waals surface area contributed by atoms with Crippen LogP contribution in [0.1, 0.15) is 10.4 Å². The first-order chi connectivity index (χ1) is 16.5. The minimum Gasteiger partial charge on any atom is -0.457 e. The normalized spacial score (nSPS) is 10.9. The van der Waals surface area contributed by atoms with E-state index in [0.29, 0.717) is 11.4 Å². The zero-order chi connectivity index (χ0) is 23.7. The van der Waals surface area contributed by atoms with Crippen LogP contribution in [-0.4, -0.2) is 40.1 Å². The van der Waals surface area contributed by atoms with Gasteiger partial charge >= 0.3 is 0 Å². The summed E-state index contributed by atoms with van der Waals surface area (Å²) in [4.78, 5) is 18.7. The number of ether oxygens (including phenoxy) is 1. The fourth-order valence-corrected chi connectivity index (χ4v) is 3.77. The van der Waals surface area contributed by atoms with Crippen molar-refractivity contribution in [3.63, 3.8) is 0 Å². The number of fused-ring (bicyclic) bond motifs is 1. The van der Waals surface area contributed by atoms with Gasteiger partial charge in [0.2, 0.25) is 0 Å². The first kappa shape index (κ1) is 21.2. The van der Waals surface area contributed by atoms with Gasteiger partial charge in [0, 0.05) is 30.8 Å². The molecule has 0 aliphatic heterocycles. The zero-order valence-corrected chi connectivity index (χ0v) is 18.8. The molecule has 2 heterocycles. The van der Waals surface area contributed by atoms with E-state index in [9.17, 15) is 4.79 Å². The number of hydrogen-bond acceptors (Lipinski definition) is 5. The van der Waals surface area contributed by atoms with Gasteiger partial charge in [-0.3, -0.25) is 9.89 Å². The minimum atomic E-state index is -0.0465. The summed E-state index contributed by atoms with van der Waals surface area (Å²) in [5.41, 5.74) is 10.8. The van der Waals surface area contributed by atoms with Gasteiger partial charge in [0.1, 0.15) is 11.5 Å². The van der Waals surface area contributed by atoms with Gasteiger partial charge in [0.25, 0.3) is 5.91 Å². The number of rotatable bonds is 5. The lowest BCUT2D eigenvalue weighted by molar-refractivity contribution is 0.0827. The van der Waals surface area contributed by atoms with Gasteiger partial charge in [0.05, 0.1) is 22.3 Å². The van der Waals surface area contributed by atoms with Crippen molar-refractivity contribution in [1.82, 2.24) is 20.1 Å². The monoisotopic (exact) mass is 449 g/mol. The third-order valence-electron chi connectivity index (χ3n) is 5.51. The highest BCUT2D eigenvalue weighted by molar-refractivity contribution is 6.01. The number of aromatic amines is 1. The average Bonchev–Trinajstić information content (AvgIpc) is 3.25. The van der Waals surface area contributed by atoms with E-state index in [4.69, 9.17) is 15.5 Å². The molecule has 0 atom stereocenters. The number of H-pyrrole nitrogens is 1. The van der Waals surface area contributed by atoms with Crippen molar-refractivity contribution < 1.29 is 9.53 Å².